The first-order chi connectivity index (χ1) is 13.3. The molecule has 10 heteroatoms. The number of nitro benzene ring substituents is 1. The number of aryl methyl sites for hydroxylation is 1. The standard InChI is InChI=1S/C18H18N2O8/c1-4-26-17(22)13-10(3)28-16(14(13)18(23)27-5-2)19-15(21)11-6-8-12(9-7-11)20(24)25/h6-9H,4-5H2,1-3H3,(H,19,21). The van der Waals surface area contributed by atoms with Crippen molar-refractivity contribution in [3.63, 3.8) is 0 Å². The van der Waals surface area contributed by atoms with Gasteiger partial charge in [0.25, 0.3) is 11.6 Å². The van der Waals surface area contributed by atoms with Crippen molar-refractivity contribution in [2.45, 2.75) is 20.8 Å². The van der Waals surface area contributed by atoms with Gasteiger partial charge in [-0.3, -0.25) is 20.2 Å². The molecule has 0 radical (unpaired) electrons. The van der Waals surface area contributed by atoms with Crippen LogP contribution >= 0.6 is 0 Å². The number of nitrogens with one attached hydrogen (secondary N) is 1. The predicted octanol–water partition coefficient (Wildman–Crippen LogP) is 3.10. The smallest absolute Gasteiger partial charge is 0.344 e. The van der Waals surface area contributed by atoms with Gasteiger partial charge in [-0.05, 0) is 32.9 Å². The molecule has 0 saturated carbocycles. The fourth-order valence-electron chi connectivity index (χ4n) is 2.39. The molecule has 0 spiro atoms. The number of furan rings is 1. The molecular formula is C18H18N2O8. The van der Waals surface area contributed by atoms with Gasteiger partial charge in [0.2, 0.25) is 5.88 Å². The molecule has 0 saturated heterocycles. The topological polar surface area (TPSA) is 138 Å². The summed E-state index contributed by atoms with van der Waals surface area (Å²) < 4.78 is 15.3. The minimum absolute atomic E-state index is 0.0427. The third-order valence-electron chi connectivity index (χ3n) is 3.61. The van der Waals surface area contributed by atoms with E-state index < -0.39 is 22.8 Å². The second kappa shape index (κ2) is 8.80. The number of nitro groups is 1. The molecule has 0 fully saturated rings. The van der Waals surface area contributed by atoms with Crippen molar-refractivity contribution in [2.24, 2.45) is 0 Å². The van der Waals surface area contributed by atoms with Gasteiger partial charge in [0, 0.05) is 17.7 Å². The Kier molecular flexibility index (Phi) is 6.48. The Bertz CT molecular complexity index is 914. The number of carbonyl (C=O) groups is 3. The number of anilines is 1. The van der Waals surface area contributed by atoms with E-state index in [1.54, 1.807) is 13.8 Å². The maximum absolute atomic E-state index is 12.4. The van der Waals surface area contributed by atoms with Gasteiger partial charge >= 0.3 is 11.9 Å². The highest BCUT2D eigenvalue weighted by Crippen LogP contribution is 2.29. The average Bonchev–Trinajstić information content (AvgIpc) is 2.98. The number of rotatable bonds is 7. The Morgan fingerprint density at radius 2 is 1.57 bits per heavy atom. The Morgan fingerprint density at radius 1 is 1.04 bits per heavy atom. The lowest BCUT2D eigenvalue weighted by atomic mass is 10.1. The van der Waals surface area contributed by atoms with Crippen LogP contribution in [-0.2, 0) is 9.47 Å². The molecule has 1 N–H and O–H groups in total. The number of hydrogen-bond donors (Lipinski definition) is 1. The van der Waals surface area contributed by atoms with Gasteiger partial charge in [-0.1, -0.05) is 0 Å². The molecule has 1 heterocycles. The largest absolute Gasteiger partial charge is 0.462 e. The molecule has 10 nitrogen and oxygen atoms in total. The number of carbonyl (C=O) groups excluding carboxylic acids is 3. The molecule has 0 aliphatic rings. The molecule has 0 bridgehead atoms. The third kappa shape index (κ3) is 4.34. The Labute approximate surface area is 159 Å². The second-order valence-corrected chi connectivity index (χ2v) is 5.44. The van der Waals surface area contributed by atoms with Crippen LogP contribution in [0, 0.1) is 17.0 Å². The third-order valence-corrected chi connectivity index (χ3v) is 3.61. The quantitative estimate of drug-likeness (QED) is 0.432. The summed E-state index contributed by atoms with van der Waals surface area (Å²) in [5, 5.41) is 13.1. The van der Waals surface area contributed by atoms with Crippen LogP contribution in [0.4, 0.5) is 11.6 Å². The summed E-state index contributed by atoms with van der Waals surface area (Å²) in [7, 11) is 0. The van der Waals surface area contributed by atoms with Crippen LogP contribution in [0.5, 0.6) is 0 Å². The molecule has 148 valence electrons. The average molecular weight is 390 g/mol. The Hall–Kier alpha value is -3.69. The number of hydrogen-bond acceptors (Lipinski definition) is 8. The zero-order valence-electron chi connectivity index (χ0n) is 15.4. The number of esters is 2. The maximum atomic E-state index is 12.4. The van der Waals surface area contributed by atoms with E-state index in [4.69, 9.17) is 13.9 Å². The fourth-order valence-corrected chi connectivity index (χ4v) is 2.39. The molecule has 1 aromatic heterocycles. The summed E-state index contributed by atoms with van der Waals surface area (Å²) in [6.45, 7) is 4.76. The van der Waals surface area contributed by atoms with E-state index in [0.29, 0.717) is 0 Å². The van der Waals surface area contributed by atoms with E-state index in [2.05, 4.69) is 5.32 Å². The maximum Gasteiger partial charge on any atom is 0.344 e. The number of non-ortho nitro benzene ring substituents is 1. The van der Waals surface area contributed by atoms with Gasteiger partial charge < -0.3 is 13.9 Å². The van der Waals surface area contributed by atoms with Crippen LogP contribution in [0.15, 0.2) is 28.7 Å². The predicted molar refractivity (Wildman–Crippen MR) is 96.4 cm³/mol. The van der Waals surface area contributed by atoms with Crippen molar-refractivity contribution in [2.75, 3.05) is 18.5 Å². The van der Waals surface area contributed by atoms with E-state index in [9.17, 15) is 24.5 Å². The van der Waals surface area contributed by atoms with Crippen molar-refractivity contribution in [1.82, 2.24) is 0 Å². The van der Waals surface area contributed by atoms with Crippen LogP contribution in [0.3, 0.4) is 0 Å². The van der Waals surface area contributed by atoms with Gasteiger partial charge in [0.1, 0.15) is 16.9 Å². The van der Waals surface area contributed by atoms with Crippen LogP contribution in [0.1, 0.15) is 50.7 Å². The molecule has 0 atom stereocenters. The Morgan fingerprint density at radius 3 is 2.07 bits per heavy atom. The summed E-state index contributed by atoms with van der Waals surface area (Å²) in [4.78, 5) is 47.1. The van der Waals surface area contributed by atoms with Crippen molar-refractivity contribution in [3.8, 4) is 0 Å². The van der Waals surface area contributed by atoms with Gasteiger partial charge in [0.15, 0.2) is 0 Å². The van der Waals surface area contributed by atoms with E-state index in [-0.39, 0.29) is 47.2 Å². The minimum Gasteiger partial charge on any atom is -0.462 e. The van der Waals surface area contributed by atoms with Crippen molar-refractivity contribution in [3.05, 3.63) is 56.8 Å². The van der Waals surface area contributed by atoms with Crippen LogP contribution in [0.2, 0.25) is 0 Å². The van der Waals surface area contributed by atoms with Crippen molar-refractivity contribution < 1.29 is 33.2 Å². The van der Waals surface area contributed by atoms with Gasteiger partial charge in [-0.15, -0.1) is 0 Å². The second-order valence-electron chi connectivity index (χ2n) is 5.44. The zero-order valence-corrected chi connectivity index (χ0v) is 15.4. The van der Waals surface area contributed by atoms with E-state index >= 15 is 0 Å². The molecule has 0 aliphatic carbocycles. The van der Waals surface area contributed by atoms with Crippen LogP contribution < -0.4 is 5.32 Å². The highest BCUT2D eigenvalue weighted by Gasteiger charge is 2.31. The summed E-state index contributed by atoms with van der Waals surface area (Å²) in [5.41, 5.74) is -0.485. The lowest BCUT2D eigenvalue weighted by molar-refractivity contribution is -0.384. The summed E-state index contributed by atoms with van der Waals surface area (Å²) in [6.07, 6.45) is 0. The molecule has 2 aromatic rings. The lowest BCUT2D eigenvalue weighted by Gasteiger charge is -2.07. The first kappa shape index (κ1) is 20.6. The number of amides is 1. The molecule has 2 rings (SSSR count). The lowest BCUT2D eigenvalue weighted by Crippen LogP contribution is -2.17. The molecule has 1 amide bonds. The molecule has 0 unspecified atom stereocenters. The first-order valence-corrected chi connectivity index (χ1v) is 8.33. The number of nitrogens with zero attached hydrogens (tertiary/aromatic N) is 1. The van der Waals surface area contributed by atoms with Gasteiger partial charge in [0.05, 0.1) is 18.1 Å². The highest BCUT2D eigenvalue weighted by atomic mass is 16.6. The number of ether oxygens (including phenoxy) is 2. The zero-order chi connectivity index (χ0) is 20.8. The van der Waals surface area contributed by atoms with Gasteiger partial charge in [-0.25, -0.2) is 9.59 Å². The van der Waals surface area contributed by atoms with Gasteiger partial charge in [-0.2, -0.15) is 0 Å². The summed E-state index contributed by atoms with van der Waals surface area (Å²) in [6, 6.07) is 4.83. The molecule has 1 aromatic carbocycles. The molecule has 0 aliphatic heterocycles. The highest BCUT2D eigenvalue weighted by molar-refractivity contribution is 6.11. The van der Waals surface area contributed by atoms with Crippen LogP contribution in [-0.4, -0.2) is 36.0 Å². The summed E-state index contributed by atoms with van der Waals surface area (Å²) >= 11 is 0. The van der Waals surface area contributed by atoms with Crippen LogP contribution in [0.25, 0.3) is 0 Å². The first-order valence-electron chi connectivity index (χ1n) is 8.33. The van der Waals surface area contributed by atoms with E-state index in [1.165, 1.54) is 31.2 Å². The summed E-state index contributed by atoms with van der Waals surface area (Å²) in [5.74, 6) is -2.54. The van der Waals surface area contributed by atoms with E-state index in [0.717, 1.165) is 0 Å². The minimum atomic E-state index is -0.860. The molecular weight excluding hydrogens is 372 g/mol. The Balaban J connectivity index is 2.39. The van der Waals surface area contributed by atoms with Crippen molar-refractivity contribution >= 4 is 29.4 Å². The van der Waals surface area contributed by atoms with Crippen molar-refractivity contribution in [1.29, 1.82) is 0 Å². The number of benzene rings is 1. The SMILES string of the molecule is CCOC(=O)c1c(C)oc(NC(=O)c2ccc([N+](=O)[O-])cc2)c1C(=O)OCC. The molecule has 28 heavy (non-hydrogen) atoms. The normalized spacial score (nSPS) is 10.2. The monoisotopic (exact) mass is 390 g/mol. The fraction of sp³-hybridized carbons (Fsp3) is 0.278. The van der Waals surface area contributed by atoms with E-state index in [1.807, 2.05) is 0 Å².